The number of benzene rings is 1. The second-order valence-electron chi connectivity index (χ2n) is 5.01. The molecule has 0 atom stereocenters. The Morgan fingerprint density at radius 2 is 1.87 bits per heavy atom. The second-order valence-corrected chi connectivity index (χ2v) is 5.01. The van der Waals surface area contributed by atoms with Crippen molar-refractivity contribution >= 4 is 11.9 Å². The Balaban J connectivity index is 1.99. The Kier molecular flexibility index (Phi) is 6.29. The monoisotopic (exact) mass is 312 g/mol. The van der Waals surface area contributed by atoms with Crippen LogP contribution in [0.5, 0.6) is 0 Å². The first kappa shape index (κ1) is 16.7. The van der Waals surface area contributed by atoms with Crippen molar-refractivity contribution in [2.45, 2.75) is 19.8 Å². The lowest BCUT2D eigenvalue weighted by atomic mass is 10.0. The van der Waals surface area contributed by atoms with Gasteiger partial charge in [0.1, 0.15) is 0 Å². The van der Waals surface area contributed by atoms with Crippen molar-refractivity contribution in [3.8, 4) is 11.1 Å². The zero-order chi connectivity index (χ0) is 16.5. The normalized spacial score (nSPS) is 10.1. The predicted octanol–water partition coefficient (Wildman–Crippen LogP) is 2.82. The number of pyridine rings is 1. The molecule has 0 saturated heterocycles. The van der Waals surface area contributed by atoms with Crippen LogP contribution in [0.15, 0.2) is 48.8 Å². The van der Waals surface area contributed by atoms with Crippen molar-refractivity contribution in [1.29, 1.82) is 0 Å². The fourth-order valence-corrected chi connectivity index (χ4v) is 2.13. The van der Waals surface area contributed by atoms with Crippen LogP contribution in [0.25, 0.3) is 11.1 Å². The van der Waals surface area contributed by atoms with Crippen molar-refractivity contribution in [1.82, 2.24) is 10.3 Å². The first-order valence-corrected chi connectivity index (χ1v) is 7.65. The summed E-state index contributed by atoms with van der Waals surface area (Å²) in [6, 6.07) is 11.1. The summed E-state index contributed by atoms with van der Waals surface area (Å²) < 4.78 is 4.97. The van der Waals surface area contributed by atoms with Crippen molar-refractivity contribution in [3.05, 3.63) is 54.4 Å². The second kappa shape index (κ2) is 8.68. The summed E-state index contributed by atoms with van der Waals surface area (Å²) in [5, 5.41) is 2.76. The van der Waals surface area contributed by atoms with E-state index in [2.05, 4.69) is 10.3 Å². The minimum absolute atomic E-state index is 0.170. The van der Waals surface area contributed by atoms with E-state index < -0.39 is 0 Å². The molecule has 1 aromatic carbocycles. The van der Waals surface area contributed by atoms with Crippen molar-refractivity contribution in [2.75, 3.05) is 13.2 Å². The van der Waals surface area contributed by atoms with Crippen LogP contribution >= 0.6 is 0 Å². The van der Waals surface area contributed by atoms with Gasteiger partial charge in [0.2, 0.25) is 0 Å². The Hall–Kier alpha value is -2.69. The maximum absolute atomic E-state index is 12.4. The fraction of sp³-hybridized carbons (Fsp3) is 0.278. The lowest BCUT2D eigenvalue weighted by Crippen LogP contribution is -2.27. The van der Waals surface area contributed by atoms with E-state index in [0.29, 0.717) is 12.2 Å². The molecule has 1 amide bonds. The van der Waals surface area contributed by atoms with Gasteiger partial charge >= 0.3 is 5.97 Å². The van der Waals surface area contributed by atoms with Crippen LogP contribution in [0, 0.1) is 0 Å². The third-order valence-electron chi connectivity index (χ3n) is 3.24. The minimum Gasteiger partial charge on any atom is -0.466 e. The first-order chi connectivity index (χ1) is 11.2. The van der Waals surface area contributed by atoms with Gasteiger partial charge in [-0.15, -0.1) is 0 Å². The smallest absolute Gasteiger partial charge is 0.307 e. The standard InChI is InChI=1S/C18H20N2O3/c1-2-13-23-17(21)9-12-20-18(22)16-6-4-3-5-15(16)14-7-10-19-11-8-14/h3-8,10-11H,2,9,12-13H2,1H3,(H,20,22). The summed E-state index contributed by atoms with van der Waals surface area (Å²) in [7, 11) is 0. The molecule has 1 heterocycles. The Morgan fingerprint density at radius 1 is 1.13 bits per heavy atom. The predicted molar refractivity (Wildman–Crippen MR) is 87.9 cm³/mol. The number of amides is 1. The molecule has 0 unspecified atom stereocenters. The van der Waals surface area contributed by atoms with E-state index in [1.165, 1.54) is 0 Å². The number of aromatic nitrogens is 1. The Bertz CT molecular complexity index is 656. The SMILES string of the molecule is CCCOC(=O)CCNC(=O)c1ccccc1-c1ccncc1. The van der Waals surface area contributed by atoms with Gasteiger partial charge in [-0.3, -0.25) is 14.6 Å². The highest BCUT2D eigenvalue weighted by Crippen LogP contribution is 2.22. The number of hydrogen-bond donors (Lipinski definition) is 1. The molecular weight excluding hydrogens is 292 g/mol. The molecule has 0 spiro atoms. The molecule has 0 bridgehead atoms. The van der Waals surface area contributed by atoms with E-state index in [-0.39, 0.29) is 24.8 Å². The molecule has 0 saturated carbocycles. The molecule has 0 aliphatic rings. The molecule has 5 heteroatoms. The molecule has 1 aromatic heterocycles. The molecular formula is C18H20N2O3. The van der Waals surface area contributed by atoms with Crippen LogP contribution in [-0.4, -0.2) is 30.0 Å². The summed E-state index contributed by atoms with van der Waals surface area (Å²) in [4.78, 5) is 27.8. The molecule has 0 fully saturated rings. The molecule has 5 nitrogen and oxygen atoms in total. The average Bonchev–Trinajstić information content (AvgIpc) is 2.60. The number of esters is 1. The summed E-state index contributed by atoms with van der Waals surface area (Å²) in [5.41, 5.74) is 2.33. The van der Waals surface area contributed by atoms with Gasteiger partial charge in [0.15, 0.2) is 0 Å². The van der Waals surface area contributed by atoms with Gasteiger partial charge in [-0.2, -0.15) is 0 Å². The van der Waals surface area contributed by atoms with E-state index in [1.54, 1.807) is 18.5 Å². The van der Waals surface area contributed by atoms with Gasteiger partial charge in [-0.05, 0) is 35.7 Å². The minimum atomic E-state index is -0.297. The molecule has 0 radical (unpaired) electrons. The number of hydrogen-bond acceptors (Lipinski definition) is 4. The third kappa shape index (κ3) is 4.92. The highest BCUT2D eigenvalue weighted by atomic mass is 16.5. The molecule has 23 heavy (non-hydrogen) atoms. The van der Waals surface area contributed by atoms with Gasteiger partial charge < -0.3 is 10.1 Å². The maximum atomic E-state index is 12.4. The van der Waals surface area contributed by atoms with E-state index >= 15 is 0 Å². The van der Waals surface area contributed by atoms with Crippen molar-refractivity contribution in [2.24, 2.45) is 0 Å². The van der Waals surface area contributed by atoms with Gasteiger partial charge in [-0.25, -0.2) is 0 Å². The lowest BCUT2D eigenvalue weighted by molar-refractivity contribution is -0.143. The third-order valence-corrected chi connectivity index (χ3v) is 3.24. The van der Waals surface area contributed by atoms with E-state index in [0.717, 1.165) is 17.5 Å². The summed E-state index contributed by atoms with van der Waals surface area (Å²) >= 11 is 0. The number of nitrogens with one attached hydrogen (secondary N) is 1. The zero-order valence-electron chi connectivity index (χ0n) is 13.1. The highest BCUT2D eigenvalue weighted by molar-refractivity contribution is 6.00. The highest BCUT2D eigenvalue weighted by Gasteiger charge is 2.12. The molecule has 0 aliphatic heterocycles. The Labute approximate surface area is 135 Å². The van der Waals surface area contributed by atoms with Crippen LogP contribution < -0.4 is 5.32 Å². The fourth-order valence-electron chi connectivity index (χ4n) is 2.13. The number of ether oxygens (including phenoxy) is 1. The topological polar surface area (TPSA) is 68.3 Å². The zero-order valence-corrected chi connectivity index (χ0v) is 13.1. The van der Waals surface area contributed by atoms with Crippen molar-refractivity contribution < 1.29 is 14.3 Å². The molecule has 2 aromatic rings. The molecule has 0 aliphatic carbocycles. The number of carbonyl (C=O) groups is 2. The van der Waals surface area contributed by atoms with Gasteiger partial charge in [0, 0.05) is 24.5 Å². The van der Waals surface area contributed by atoms with Gasteiger partial charge in [0.25, 0.3) is 5.91 Å². The first-order valence-electron chi connectivity index (χ1n) is 7.65. The summed E-state index contributed by atoms with van der Waals surface area (Å²) in [5.74, 6) is -0.504. The summed E-state index contributed by atoms with van der Waals surface area (Å²) in [6.07, 6.45) is 4.34. The quantitative estimate of drug-likeness (QED) is 0.798. The number of carbonyl (C=O) groups excluding carboxylic acids is 2. The lowest BCUT2D eigenvalue weighted by Gasteiger charge is -2.10. The molecule has 120 valence electrons. The number of nitrogens with zero attached hydrogens (tertiary/aromatic N) is 1. The van der Waals surface area contributed by atoms with Gasteiger partial charge in [0.05, 0.1) is 13.0 Å². The van der Waals surface area contributed by atoms with Crippen LogP contribution in [0.2, 0.25) is 0 Å². The number of rotatable bonds is 7. The molecule has 1 N–H and O–H groups in total. The van der Waals surface area contributed by atoms with Crippen LogP contribution in [0.4, 0.5) is 0 Å². The average molecular weight is 312 g/mol. The van der Waals surface area contributed by atoms with Crippen LogP contribution in [0.1, 0.15) is 30.1 Å². The Morgan fingerprint density at radius 3 is 2.61 bits per heavy atom. The van der Waals surface area contributed by atoms with Crippen molar-refractivity contribution in [3.63, 3.8) is 0 Å². The summed E-state index contributed by atoms with van der Waals surface area (Å²) in [6.45, 7) is 2.61. The van der Waals surface area contributed by atoms with E-state index in [4.69, 9.17) is 4.74 Å². The van der Waals surface area contributed by atoms with Crippen LogP contribution in [-0.2, 0) is 9.53 Å². The van der Waals surface area contributed by atoms with Crippen LogP contribution in [0.3, 0.4) is 0 Å². The molecule has 2 rings (SSSR count). The largest absolute Gasteiger partial charge is 0.466 e. The maximum Gasteiger partial charge on any atom is 0.307 e. The van der Waals surface area contributed by atoms with E-state index in [9.17, 15) is 9.59 Å². The van der Waals surface area contributed by atoms with Gasteiger partial charge in [-0.1, -0.05) is 25.1 Å². The van der Waals surface area contributed by atoms with E-state index in [1.807, 2.05) is 37.3 Å².